The van der Waals surface area contributed by atoms with Gasteiger partial charge in [0.1, 0.15) is 12.2 Å². The summed E-state index contributed by atoms with van der Waals surface area (Å²) in [5.41, 5.74) is 0.842. The SMILES string of the molecule is CCC[C@H]1C[C@@H](OC(C)=O)[C@@H](c2cc(OC)c(OC)c(OC)c2)O1. The summed E-state index contributed by atoms with van der Waals surface area (Å²) in [5, 5.41) is 0. The molecule has 0 saturated carbocycles. The molecule has 24 heavy (non-hydrogen) atoms. The van der Waals surface area contributed by atoms with Crippen molar-refractivity contribution in [3.05, 3.63) is 17.7 Å². The van der Waals surface area contributed by atoms with Crippen molar-refractivity contribution < 1.29 is 28.5 Å². The second-order valence-electron chi connectivity index (χ2n) is 5.81. The van der Waals surface area contributed by atoms with Gasteiger partial charge in [0.05, 0.1) is 27.4 Å². The van der Waals surface area contributed by atoms with Gasteiger partial charge in [0.2, 0.25) is 5.75 Å². The van der Waals surface area contributed by atoms with E-state index in [1.54, 1.807) is 21.3 Å². The summed E-state index contributed by atoms with van der Waals surface area (Å²) in [4.78, 5) is 11.4. The minimum atomic E-state index is -0.348. The van der Waals surface area contributed by atoms with E-state index in [0.29, 0.717) is 23.7 Å². The largest absolute Gasteiger partial charge is 0.493 e. The molecule has 134 valence electrons. The third-order valence-corrected chi connectivity index (χ3v) is 4.12. The van der Waals surface area contributed by atoms with Crippen LogP contribution in [0.25, 0.3) is 0 Å². The molecule has 2 rings (SSSR count). The number of rotatable bonds is 7. The number of esters is 1. The Hall–Kier alpha value is -1.95. The molecular weight excluding hydrogens is 312 g/mol. The van der Waals surface area contributed by atoms with E-state index in [-0.39, 0.29) is 24.3 Å². The molecule has 1 aliphatic rings. The number of ether oxygens (including phenoxy) is 5. The highest BCUT2D eigenvalue weighted by Gasteiger charge is 2.38. The first-order valence-electron chi connectivity index (χ1n) is 8.16. The standard InChI is InChI=1S/C18H26O6/c1-6-7-13-10-16(23-11(2)19)17(24-13)12-8-14(20-3)18(22-5)15(9-12)21-4/h8-9,13,16-17H,6-7,10H2,1-5H3/t13-,16+,17+/m0/s1. The molecular formula is C18H26O6. The van der Waals surface area contributed by atoms with Crippen molar-refractivity contribution in [3.63, 3.8) is 0 Å². The summed E-state index contributed by atoms with van der Waals surface area (Å²) in [6, 6.07) is 3.69. The first-order chi connectivity index (χ1) is 11.5. The lowest BCUT2D eigenvalue weighted by molar-refractivity contribution is -0.149. The van der Waals surface area contributed by atoms with Crippen LogP contribution in [-0.4, -0.2) is 39.5 Å². The third kappa shape index (κ3) is 3.93. The van der Waals surface area contributed by atoms with Gasteiger partial charge in [-0.25, -0.2) is 0 Å². The summed E-state index contributed by atoms with van der Waals surface area (Å²) in [6.45, 7) is 3.52. The van der Waals surface area contributed by atoms with Crippen LogP contribution in [0.15, 0.2) is 12.1 Å². The van der Waals surface area contributed by atoms with E-state index in [0.717, 1.165) is 18.4 Å². The number of carbonyl (C=O) groups excluding carboxylic acids is 1. The van der Waals surface area contributed by atoms with Crippen molar-refractivity contribution >= 4 is 5.97 Å². The van der Waals surface area contributed by atoms with Gasteiger partial charge in [-0.05, 0) is 24.1 Å². The van der Waals surface area contributed by atoms with Crippen molar-refractivity contribution in [2.24, 2.45) is 0 Å². The molecule has 0 bridgehead atoms. The van der Waals surface area contributed by atoms with Crippen LogP contribution in [0.2, 0.25) is 0 Å². The molecule has 1 aromatic rings. The second kappa shape index (κ2) is 8.24. The molecule has 1 aliphatic heterocycles. The van der Waals surface area contributed by atoms with Gasteiger partial charge in [0.15, 0.2) is 11.5 Å². The maximum atomic E-state index is 11.4. The summed E-state index contributed by atoms with van der Waals surface area (Å²) < 4.78 is 27.8. The predicted octanol–water partition coefficient (Wildman–Crippen LogP) is 3.27. The highest BCUT2D eigenvalue weighted by molar-refractivity contribution is 5.66. The van der Waals surface area contributed by atoms with Gasteiger partial charge in [-0.15, -0.1) is 0 Å². The van der Waals surface area contributed by atoms with Gasteiger partial charge in [-0.2, -0.15) is 0 Å². The number of methoxy groups -OCH3 is 3. The van der Waals surface area contributed by atoms with Crippen molar-refractivity contribution in [3.8, 4) is 17.2 Å². The quantitative estimate of drug-likeness (QED) is 0.711. The Morgan fingerprint density at radius 3 is 2.25 bits per heavy atom. The van der Waals surface area contributed by atoms with Crippen molar-refractivity contribution in [1.29, 1.82) is 0 Å². The molecule has 1 heterocycles. The molecule has 6 nitrogen and oxygen atoms in total. The summed E-state index contributed by atoms with van der Waals surface area (Å²) in [6.07, 6.45) is 2.04. The normalized spacial score (nSPS) is 23.0. The Bertz CT molecular complexity index is 546. The van der Waals surface area contributed by atoms with Gasteiger partial charge in [-0.3, -0.25) is 4.79 Å². The van der Waals surface area contributed by atoms with Crippen LogP contribution in [0, 0.1) is 0 Å². The van der Waals surface area contributed by atoms with E-state index < -0.39 is 0 Å². The summed E-state index contributed by atoms with van der Waals surface area (Å²) >= 11 is 0. The van der Waals surface area contributed by atoms with Gasteiger partial charge in [0.25, 0.3) is 0 Å². The number of benzene rings is 1. The molecule has 0 amide bonds. The molecule has 0 radical (unpaired) electrons. The molecule has 1 fully saturated rings. The fourth-order valence-corrected chi connectivity index (χ4v) is 3.12. The van der Waals surface area contributed by atoms with Crippen LogP contribution in [0.4, 0.5) is 0 Å². The maximum absolute atomic E-state index is 11.4. The predicted molar refractivity (Wildman–Crippen MR) is 88.8 cm³/mol. The molecule has 0 aliphatic carbocycles. The van der Waals surface area contributed by atoms with Gasteiger partial charge in [-0.1, -0.05) is 13.3 Å². The monoisotopic (exact) mass is 338 g/mol. The van der Waals surface area contributed by atoms with Crippen molar-refractivity contribution in [2.45, 2.75) is 51.4 Å². The molecule has 0 N–H and O–H groups in total. The average molecular weight is 338 g/mol. The molecule has 0 aromatic heterocycles. The smallest absolute Gasteiger partial charge is 0.303 e. The Morgan fingerprint density at radius 2 is 1.79 bits per heavy atom. The lowest BCUT2D eigenvalue weighted by atomic mass is 10.0. The Labute approximate surface area is 143 Å². The van der Waals surface area contributed by atoms with E-state index in [1.807, 2.05) is 12.1 Å². The maximum Gasteiger partial charge on any atom is 0.303 e. The topological polar surface area (TPSA) is 63.2 Å². The van der Waals surface area contributed by atoms with Crippen molar-refractivity contribution in [2.75, 3.05) is 21.3 Å². The van der Waals surface area contributed by atoms with Crippen molar-refractivity contribution in [1.82, 2.24) is 0 Å². The van der Waals surface area contributed by atoms with Crippen LogP contribution in [0.1, 0.15) is 44.8 Å². The molecule has 0 spiro atoms. The van der Waals surface area contributed by atoms with Crippen LogP contribution in [-0.2, 0) is 14.3 Å². The Morgan fingerprint density at radius 1 is 1.17 bits per heavy atom. The second-order valence-corrected chi connectivity index (χ2v) is 5.81. The first kappa shape index (κ1) is 18.4. The minimum absolute atomic E-state index is 0.0726. The van der Waals surface area contributed by atoms with Crippen LogP contribution in [0.3, 0.4) is 0 Å². The molecule has 1 saturated heterocycles. The van der Waals surface area contributed by atoms with Gasteiger partial charge in [0, 0.05) is 13.3 Å². The van der Waals surface area contributed by atoms with Gasteiger partial charge < -0.3 is 23.7 Å². The number of hydrogen-bond acceptors (Lipinski definition) is 6. The minimum Gasteiger partial charge on any atom is -0.493 e. The zero-order valence-corrected chi connectivity index (χ0v) is 15.0. The average Bonchev–Trinajstić information content (AvgIpc) is 2.95. The summed E-state index contributed by atoms with van der Waals surface area (Å²) in [5.74, 6) is 1.32. The van der Waals surface area contributed by atoms with Crippen LogP contribution >= 0.6 is 0 Å². The Balaban J connectivity index is 2.37. The van der Waals surface area contributed by atoms with E-state index >= 15 is 0 Å². The van der Waals surface area contributed by atoms with E-state index in [1.165, 1.54) is 6.92 Å². The highest BCUT2D eigenvalue weighted by atomic mass is 16.6. The zero-order chi connectivity index (χ0) is 17.7. The zero-order valence-electron chi connectivity index (χ0n) is 15.0. The fourth-order valence-electron chi connectivity index (χ4n) is 3.12. The number of hydrogen-bond donors (Lipinski definition) is 0. The van der Waals surface area contributed by atoms with Gasteiger partial charge >= 0.3 is 5.97 Å². The Kier molecular flexibility index (Phi) is 6.31. The lowest BCUT2D eigenvalue weighted by Gasteiger charge is -2.21. The third-order valence-electron chi connectivity index (χ3n) is 4.12. The molecule has 0 unspecified atom stereocenters. The summed E-state index contributed by atoms with van der Waals surface area (Å²) in [7, 11) is 4.70. The first-order valence-corrected chi connectivity index (χ1v) is 8.16. The number of carbonyl (C=O) groups is 1. The van der Waals surface area contributed by atoms with E-state index in [9.17, 15) is 4.79 Å². The van der Waals surface area contributed by atoms with E-state index in [4.69, 9.17) is 23.7 Å². The highest BCUT2D eigenvalue weighted by Crippen LogP contribution is 2.44. The molecule has 1 aromatic carbocycles. The van der Waals surface area contributed by atoms with Crippen LogP contribution < -0.4 is 14.2 Å². The lowest BCUT2D eigenvalue weighted by Crippen LogP contribution is -2.20. The fraction of sp³-hybridized carbons (Fsp3) is 0.611. The molecule has 3 atom stereocenters. The van der Waals surface area contributed by atoms with E-state index in [2.05, 4.69) is 6.92 Å². The van der Waals surface area contributed by atoms with Crippen LogP contribution in [0.5, 0.6) is 17.2 Å². The molecule has 6 heteroatoms.